The number of carbonyl (C=O) groups is 1. The molecule has 28 heavy (non-hydrogen) atoms. The highest BCUT2D eigenvalue weighted by Gasteiger charge is 2.21. The molecule has 0 bridgehead atoms. The van der Waals surface area contributed by atoms with E-state index in [0.29, 0.717) is 5.75 Å². The van der Waals surface area contributed by atoms with Crippen LogP contribution in [0.25, 0.3) is 0 Å². The van der Waals surface area contributed by atoms with Gasteiger partial charge in [-0.25, -0.2) is 8.42 Å². The fourth-order valence-electron chi connectivity index (χ4n) is 3.43. The van der Waals surface area contributed by atoms with Gasteiger partial charge in [-0.1, -0.05) is 31.4 Å². The van der Waals surface area contributed by atoms with Crippen LogP contribution < -0.4 is 0 Å². The molecule has 0 fully saturated rings. The van der Waals surface area contributed by atoms with Crippen molar-refractivity contribution in [3.8, 4) is 0 Å². The molecule has 0 unspecified atom stereocenters. The third kappa shape index (κ3) is 7.94. The van der Waals surface area contributed by atoms with E-state index in [4.69, 9.17) is 0 Å². The zero-order valence-electron chi connectivity index (χ0n) is 18.6. The monoisotopic (exact) mass is 409 g/mol. The molecule has 0 radical (unpaired) electrons. The van der Waals surface area contributed by atoms with Crippen LogP contribution in [0.4, 0.5) is 0 Å². The highest BCUT2D eigenvalue weighted by Crippen LogP contribution is 2.15. The molecule has 1 amide bonds. The Morgan fingerprint density at radius 1 is 0.821 bits per heavy atom. The van der Waals surface area contributed by atoms with Gasteiger partial charge in [0.15, 0.2) is 9.84 Å². The summed E-state index contributed by atoms with van der Waals surface area (Å²) in [6.45, 7) is 11.7. The summed E-state index contributed by atoms with van der Waals surface area (Å²) in [5, 5.41) is -0.268. The lowest BCUT2D eigenvalue weighted by atomic mass is 10.0. The fraction of sp³-hybridized carbons (Fsp3) is 0.696. The van der Waals surface area contributed by atoms with Crippen LogP contribution >= 0.6 is 0 Å². The minimum atomic E-state index is -2.89. The first-order chi connectivity index (χ1) is 13.1. The Hall–Kier alpha value is -1.36. The molecule has 0 aliphatic heterocycles. The molecular weight excluding hydrogens is 370 g/mol. The number of hydrogen-bond donors (Lipinski definition) is 0. The van der Waals surface area contributed by atoms with E-state index in [2.05, 4.69) is 12.1 Å². The second kappa shape index (κ2) is 11.6. The van der Waals surface area contributed by atoms with Crippen molar-refractivity contribution in [2.45, 2.75) is 97.4 Å². The first-order valence-electron chi connectivity index (χ1n) is 10.7. The number of amides is 1. The summed E-state index contributed by atoms with van der Waals surface area (Å²) in [6.07, 6.45) is 6.00. The van der Waals surface area contributed by atoms with Gasteiger partial charge in [-0.2, -0.15) is 0 Å². The molecular formula is C23H39NO3S. The number of nitrogens with zero attached hydrogens (tertiary/aromatic N) is 1. The predicted molar refractivity (Wildman–Crippen MR) is 119 cm³/mol. The van der Waals surface area contributed by atoms with Gasteiger partial charge in [0.25, 0.3) is 5.91 Å². The summed E-state index contributed by atoms with van der Waals surface area (Å²) in [7, 11) is -2.89. The Morgan fingerprint density at radius 2 is 1.32 bits per heavy atom. The lowest BCUT2D eigenvalue weighted by Crippen LogP contribution is -2.42. The van der Waals surface area contributed by atoms with E-state index in [1.54, 1.807) is 13.8 Å². The summed E-state index contributed by atoms with van der Waals surface area (Å²) < 4.78 is 23.5. The third-order valence-corrected chi connectivity index (χ3v) is 7.45. The summed E-state index contributed by atoms with van der Waals surface area (Å²) in [5.41, 5.74) is 2.00. The summed E-state index contributed by atoms with van der Waals surface area (Å²) >= 11 is 0. The quantitative estimate of drug-likeness (QED) is 0.442. The molecule has 0 aromatic heterocycles. The van der Waals surface area contributed by atoms with Crippen molar-refractivity contribution in [2.75, 3.05) is 5.75 Å². The molecule has 0 spiro atoms. The van der Waals surface area contributed by atoms with E-state index >= 15 is 0 Å². The summed E-state index contributed by atoms with van der Waals surface area (Å²) in [5.74, 6) is 0.400. The third-order valence-electron chi connectivity index (χ3n) is 5.16. The fourth-order valence-corrected chi connectivity index (χ4v) is 4.50. The molecule has 0 saturated carbocycles. The second-order valence-electron chi connectivity index (χ2n) is 8.53. The van der Waals surface area contributed by atoms with E-state index in [1.807, 2.05) is 44.7 Å². The second-order valence-corrected chi connectivity index (χ2v) is 11.2. The van der Waals surface area contributed by atoms with Gasteiger partial charge in [0, 0.05) is 17.6 Å². The van der Waals surface area contributed by atoms with Gasteiger partial charge in [0.2, 0.25) is 0 Å². The van der Waals surface area contributed by atoms with Gasteiger partial charge in [-0.3, -0.25) is 4.79 Å². The standard InChI is InChI=1S/C23H39NO3S/c1-18(2)24(19(3)4)23(25)22-15-13-21(14-16-22)12-10-8-7-9-11-17-28(26,27)20(5)6/h13-16,18-20H,7-12,17H2,1-6H3. The number of benzene rings is 1. The van der Waals surface area contributed by atoms with Crippen molar-refractivity contribution in [3.63, 3.8) is 0 Å². The average molecular weight is 410 g/mol. The van der Waals surface area contributed by atoms with E-state index in [9.17, 15) is 13.2 Å². The molecule has 4 nitrogen and oxygen atoms in total. The van der Waals surface area contributed by atoms with Gasteiger partial charge < -0.3 is 4.90 Å². The topological polar surface area (TPSA) is 54.5 Å². The zero-order valence-corrected chi connectivity index (χ0v) is 19.4. The summed E-state index contributed by atoms with van der Waals surface area (Å²) in [6, 6.07) is 8.35. The van der Waals surface area contributed by atoms with Crippen molar-refractivity contribution < 1.29 is 13.2 Å². The van der Waals surface area contributed by atoms with Gasteiger partial charge in [0.05, 0.1) is 11.0 Å². The molecule has 0 atom stereocenters. The van der Waals surface area contributed by atoms with Crippen LogP contribution in [0, 0.1) is 0 Å². The van der Waals surface area contributed by atoms with Gasteiger partial charge in [-0.15, -0.1) is 0 Å². The van der Waals surface area contributed by atoms with Crippen molar-refractivity contribution in [1.82, 2.24) is 4.90 Å². The number of hydrogen-bond acceptors (Lipinski definition) is 3. The van der Waals surface area contributed by atoms with Crippen LogP contribution in [0.2, 0.25) is 0 Å². The van der Waals surface area contributed by atoms with Crippen LogP contribution in [0.15, 0.2) is 24.3 Å². The number of aryl methyl sites for hydroxylation is 1. The normalized spacial score (nSPS) is 12.2. The Bertz CT molecular complexity index is 683. The van der Waals surface area contributed by atoms with Crippen LogP contribution in [0.5, 0.6) is 0 Å². The maximum atomic E-state index is 12.7. The van der Waals surface area contributed by atoms with Crippen LogP contribution in [0.3, 0.4) is 0 Å². The Balaban J connectivity index is 2.37. The summed E-state index contributed by atoms with van der Waals surface area (Å²) in [4.78, 5) is 14.6. The molecule has 1 aromatic rings. The average Bonchev–Trinajstić information content (AvgIpc) is 2.60. The minimum Gasteiger partial charge on any atom is -0.334 e. The van der Waals surface area contributed by atoms with E-state index in [1.165, 1.54) is 5.56 Å². The van der Waals surface area contributed by atoms with E-state index < -0.39 is 9.84 Å². The highest BCUT2D eigenvalue weighted by atomic mass is 32.2. The number of unbranched alkanes of at least 4 members (excludes halogenated alkanes) is 4. The molecule has 0 heterocycles. The molecule has 0 aliphatic carbocycles. The van der Waals surface area contributed by atoms with Crippen LogP contribution in [-0.2, 0) is 16.3 Å². The highest BCUT2D eigenvalue weighted by molar-refractivity contribution is 7.91. The first-order valence-corrected chi connectivity index (χ1v) is 12.4. The SMILES string of the molecule is CC(C)N(C(=O)c1ccc(CCCCCCCS(=O)(=O)C(C)C)cc1)C(C)C. The van der Waals surface area contributed by atoms with Gasteiger partial charge >= 0.3 is 0 Å². The van der Waals surface area contributed by atoms with E-state index in [-0.39, 0.29) is 23.2 Å². The molecule has 0 aliphatic rings. The van der Waals surface area contributed by atoms with Crippen LogP contribution in [-0.4, -0.2) is 42.3 Å². The van der Waals surface area contributed by atoms with E-state index in [0.717, 1.165) is 44.1 Å². The van der Waals surface area contributed by atoms with Gasteiger partial charge in [0.1, 0.15) is 0 Å². The van der Waals surface area contributed by atoms with Crippen molar-refractivity contribution in [2.24, 2.45) is 0 Å². The van der Waals surface area contributed by atoms with Crippen molar-refractivity contribution >= 4 is 15.7 Å². The minimum absolute atomic E-state index is 0.0906. The predicted octanol–water partition coefficient (Wildman–Crippen LogP) is 5.26. The maximum absolute atomic E-state index is 12.7. The molecule has 0 saturated heterocycles. The molecule has 1 aromatic carbocycles. The smallest absolute Gasteiger partial charge is 0.254 e. The number of rotatable bonds is 12. The lowest BCUT2D eigenvalue weighted by Gasteiger charge is -2.30. The number of sulfone groups is 1. The van der Waals surface area contributed by atoms with Crippen molar-refractivity contribution in [3.05, 3.63) is 35.4 Å². The molecule has 160 valence electrons. The first kappa shape index (κ1) is 24.7. The Labute approximate surface area is 172 Å². The maximum Gasteiger partial charge on any atom is 0.254 e. The largest absolute Gasteiger partial charge is 0.334 e. The molecule has 5 heteroatoms. The number of carbonyl (C=O) groups excluding carboxylic acids is 1. The molecule has 0 N–H and O–H groups in total. The van der Waals surface area contributed by atoms with Crippen LogP contribution in [0.1, 0.15) is 89.6 Å². The zero-order chi connectivity index (χ0) is 21.3. The lowest BCUT2D eigenvalue weighted by molar-refractivity contribution is 0.0643. The molecule has 1 rings (SSSR count). The van der Waals surface area contributed by atoms with Crippen molar-refractivity contribution in [1.29, 1.82) is 0 Å². The Morgan fingerprint density at radius 3 is 1.82 bits per heavy atom. The Kier molecular flexibility index (Phi) is 10.2. The van der Waals surface area contributed by atoms with Gasteiger partial charge in [-0.05, 0) is 78.5 Å².